The predicted molar refractivity (Wildman–Crippen MR) is 135 cm³/mol. The lowest BCUT2D eigenvalue weighted by Gasteiger charge is -2.32. The molecule has 13 nitrogen and oxygen atoms in total. The second-order valence-corrected chi connectivity index (χ2v) is 11.6. The molecule has 0 amide bonds. The van der Waals surface area contributed by atoms with E-state index in [1.807, 2.05) is 6.92 Å². The molecule has 0 aromatic carbocycles. The molecule has 5 N–H and O–H groups in total. The van der Waals surface area contributed by atoms with Gasteiger partial charge in [-0.05, 0) is 34.1 Å². The summed E-state index contributed by atoms with van der Waals surface area (Å²) in [7, 11) is -3.61. The first kappa shape index (κ1) is 29.6. The van der Waals surface area contributed by atoms with Crippen LogP contribution in [0.15, 0.2) is 12.7 Å². The van der Waals surface area contributed by atoms with Gasteiger partial charge >= 0.3 is 11.9 Å². The molecule has 0 saturated heterocycles. The van der Waals surface area contributed by atoms with E-state index in [2.05, 4.69) is 25.1 Å². The van der Waals surface area contributed by atoms with Gasteiger partial charge in [-0.3, -0.25) is 14.2 Å². The molecule has 3 atom stereocenters. The van der Waals surface area contributed by atoms with Crippen LogP contribution >= 0.6 is 7.44 Å². The maximum absolute atomic E-state index is 13.9. The van der Waals surface area contributed by atoms with Gasteiger partial charge in [-0.1, -0.05) is 19.8 Å². The van der Waals surface area contributed by atoms with Crippen molar-refractivity contribution in [3.05, 3.63) is 12.7 Å². The van der Waals surface area contributed by atoms with Gasteiger partial charge in [0.2, 0.25) is 7.44 Å². The molecule has 0 aliphatic carbocycles. The van der Waals surface area contributed by atoms with Gasteiger partial charge in [0, 0.05) is 6.04 Å². The van der Waals surface area contributed by atoms with Crippen molar-refractivity contribution in [1.82, 2.24) is 29.7 Å². The molecule has 2 aromatic rings. The number of nitrogens with zero attached hydrogens (tertiary/aromatic N) is 4. The fourth-order valence-corrected chi connectivity index (χ4v) is 6.02. The van der Waals surface area contributed by atoms with Gasteiger partial charge in [0.1, 0.15) is 23.7 Å². The summed E-state index contributed by atoms with van der Waals surface area (Å²) >= 11 is 0. The zero-order valence-corrected chi connectivity index (χ0v) is 22.5. The Morgan fingerprint density at radius 1 is 1.25 bits per heavy atom. The number of anilines is 1. The highest BCUT2D eigenvalue weighted by Gasteiger charge is 2.38. The fourth-order valence-electron chi connectivity index (χ4n) is 3.55. The van der Waals surface area contributed by atoms with Crippen LogP contribution in [0.25, 0.3) is 11.2 Å². The van der Waals surface area contributed by atoms with Crippen molar-refractivity contribution in [1.29, 1.82) is 0 Å². The van der Waals surface area contributed by atoms with Crippen molar-refractivity contribution in [2.45, 2.75) is 84.5 Å². The van der Waals surface area contributed by atoms with Gasteiger partial charge in [-0.25, -0.2) is 25.1 Å². The number of nitrogens with one attached hydrogen (secondary N) is 2. The van der Waals surface area contributed by atoms with E-state index in [1.165, 1.54) is 6.33 Å². The Balaban J connectivity index is 2.10. The number of aliphatic carboxylic acids is 1. The predicted octanol–water partition coefficient (Wildman–Crippen LogP) is 2.52. The number of carboxylic acid groups (broad SMARTS) is 1. The van der Waals surface area contributed by atoms with Gasteiger partial charge in [0.15, 0.2) is 11.5 Å². The van der Waals surface area contributed by atoms with E-state index in [9.17, 15) is 14.2 Å². The van der Waals surface area contributed by atoms with Crippen molar-refractivity contribution in [3.8, 4) is 0 Å². The highest BCUT2D eigenvalue weighted by molar-refractivity contribution is 7.59. The average Bonchev–Trinajstić information content (AvgIpc) is 3.18. The van der Waals surface area contributed by atoms with E-state index in [0.717, 1.165) is 19.3 Å². The minimum atomic E-state index is -3.61. The molecule has 14 heteroatoms. The number of carboxylic acids is 1. The molecule has 2 aromatic heterocycles. The number of aromatic nitrogens is 4. The van der Waals surface area contributed by atoms with Crippen LogP contribution in [-0.4, -0.2) is 67.2 Å². The Labute approximate surface area is 211 Å². The first-order valence-corrected chi connectivity index (χ1v) is 13.8. The Morgan fingerprint density at radius 3 is 2.64 bits per heavy atom. The molecule has 36 heavy (non-hydrogen) atoms. The maximum atomic E-state index is 13.9. The number of carbonyl (C=O) groups is 2. The number of rotatable bonds is 16. The van der Waals surface area contributed by atoms with Crippen molar-refractivity contribution in [3.63, 3.8) is 0 Å². The molecule has 0 spiro atoms. The average molecular weight is 528 g/mol. The van der Waals surface area contributed by atoms with Crippen LogP contribution in [-0.2, 0) is 30.2 Å². The minimum absolute atomic E-state index is 0.259. The summed E-state index contributed by atoms with van der Waals surface area (Å²) in [6, 6.07) is -0.645. The Kier molecular flexibility index (Phi) is 10.8. The number of esters is 1. The van der Waals surface area contributed by atoms with Crippen molar-refractivity contribution < 1.29 is 28.7 Å². The number of unbranched alkanes of at least 4 members (excludes halogenated alkanes) is 2. The molecule has 0 bridgehead atoms. The summed E-state index contributed by atoms with van der Waals surface area (Å²) in [5.41, 5.74) is 5.54. The van der Waals surface area contributed by atoms with E-state index in [-0.39, 0.29) is 25.2 Å². The number of fused-ring (bicyclic) bond motifs is 1. The standard InChI is InChI=1S/C22H38N7O6P/c1-6-7-8-9-34-21(32)22(4,5)28-36(33,27-15(2)10-17(30)31)14-35-16(3)11-29-13-26-18-19(23)24-12-25-20(18)29/h12-13,15-16H,6-11,14H2,1-5H3,(H,30,31)(H2,23,24,25)(H2,27,28,33)/t15-,16+,36?/m0/s1. The largest absolute Gasteiger partial charge is 0.481 e. The van der Waals surface area contributed by atoms with Gasteiger partial charge in [0.25, 0.3) is 0 Å². The summed E-state index contributed by atoms with van der Waals surface area (Å²) in [5, 5.41) is 14.8. The lowest BCUT2D eigenvalue weighted by molar-refractivity contribution is -0.149. The number of nitrogen functional groups attached to an aromatic ring is 1. The molecule has 2 rings (SSSR count). The second kappa shape index (κ2) is 13.1. The van der Waals surface area contributed by atoms with Gasteiger partial charge in [0.05, 0.1) is 32.0 Å². The smallest absolute Gasteiger partial charge is 0.326 e. The molecule has 0 aliphatic rings. The Bertz CT molecular complexity index is 1080. The topological polar surface area (TPSA) is 184 Å². The van der Waals surface area contributed by atoms with Crippen LogP contribution in [0.4, 0.5) is 5.82 Å². The monoisotopic (exact) mass is 527 g/mol. The number of ether oxygens (including phenoxy) is 2. The molecule has 0 radical (unpaired) electrons. The first-order valence-electron chi connectivity index (χ1n) is 11.9. The van der Waals surface area contributed by atoms with Crippen LogP contribution in [0.1, 0.15) is 60.3 Å². The first-order chi connectivity index (χ1) is 16.9. The van der Waals surface area contributed by atoms with Crippen molar-refractivity contribution in [2.75, 3.05) is 18.7 Å². The summed E-state index contributed by atoms with van der Waals surface area (Å²) < 4.78 is 26.9. The fraction of sp³-hybridized carbons (Fsp3) is 0.682. The quantitative estimate of drug-likeness (QED) is 0.142. The Hall–Kier alpha value is -2.60. The van der Waals surface area contributed by atoms with Crippen LogP contribution in [0.3, 0.4) is 0 Å². The zero-order chi connectivity index (χ0) is 26.9. The van der Waals surface area contributed by atoms with Crippen LogP contribution < -0.4 is 15.9 Å². The summed E-state index contributed by atoms with van der Waals surface area (Å²) in [5.74, 6) is -1.33. The molecule has 202 valence electrons. The number of hydrogen-bond acceptors (Lipinski definition) is 9. The van der Waals surface area contributed by atoms with E-state index in [4.69, 9.17) is 20.3 Å². The SMILES string of the molecule is CCCCCOC(=O)C(C)(C)NP(=O)(CO[C@H](C)Cn1cnc2c(N)ncnc21)N[C@@H](C)CC(=O)O. The summed E-state index contributed by atoms with van der Waals surface area (Å²) in [6.45, 7) is 9.17. The van der Waals surface area contributed by atoms with Crippen LogP contribution in [0.5, 0.6) is 0 Å². The lowest BCUT2D eigenvalue weighted by Crippen LogP contribution is -2.49. The van der Waals surface area contributed by atoms with Gasteiger partial charge < -0.3 is 24.9 Å². The number of imidazole rings is 1. The number of carbonyl (C=O) groups excluding carboxylic acids is 1. The van der Waals surface area contributed by atoms with E-state index < -0.39 is 37.1 Å². The normalized spacial score (nSPS) is 15.4. The van der Waals surface area contributed by atoms with Crippen molar-refractivity contribution in [2.24, 2.45) is 0 Å². The Morgan fingerprint density at radius 2 is 1.97 bits per heavy atom. The molecule has 0 saturated carbocycles. The molecule has 0 fully saturated rings. The molecular formula is C22H38N7O6P. The molecule has 1 unspecified atom stereocenters. The van der Waals surface area contributed by atoms with Gasteiger partial charge in [-0.2, -0.15) is 0 Å². The summed E-state index contributed by atoms with van der Waals surface area (Å²) in [6.07, 6.45) is 4.59. The zero-order valence-electron chi connectivity index (χ0n) is 21.6. The van der Waals surface area contributed by atoms with E-state index in [0.29, 0.717) is 17.7 Å². The second-order valence-electron chi connectivity index (χ2n) is 9.38. The molecule has 0 aliphatic heterocycles. The third-order valence-electron chi connectivity index (χ3n) is 5.29. The third kappa shape index (κ3) is 8.81. The third-order valence-corrected chi connectivity index (χ3v) is 7.58. The highest BCUT2D eigenvalue weighted by atomic mass is 31.2. The van der Waals surface area contributed by atoms with Crippen molar-refractivity contribution >= 4 is 36.4 Å². The molecular weight excluding hydrogens is 489 g/mol. The van der Waals surface area contributed by atoms with E-state index >= 15 is 0 Å². The summed E-state index contributed by atoms with van der Waals surface area (Å²) in [4.78, 5) is 36.2. The maximum Gasteiger partial charge on any atom is 0.326 e. The van der Waals surface area contributed by atoms with Gasteiger partial charge in [-0.15, -0.1) is 0 Å². The highest BCUT2D eigenvalue weighted by Crippen LogP contribution is 2.40. The minimum Gasteiger partial charge on any atom is -0.481 e. The number of nitrogens with two attached hydrogens (primary N) is 1. The number of hydrogen-bond donors (Lipinski definition) is 4. The van der Waals surface area contributed by atoms with Crippen LogP contribution in [0, 0.1) is 0 Å². The van der Waals surface area contributed by atoms with Crippen LogP contribution in [0.2, 0.25) is 0 Å². The van der Waals surface area contributed by atoms with E-state index in [1.54, 1.807) is 38.6 Å². The molecule has 2 heterocycles. The lowest BCUT2D eigenvalue weighted by atomic mass is 10.1.